The van der Waals surface area contributed by atoms with Gasteiger partial charge in [-0.15, -0.1) is 0 Å². The number of ether oxygens (including phenoxy) is 3. The van der Waals surface area contributed by atoms with E-state index >= 15 is 0 Å². The summed E-state index contributed by atoms with van der Waals surface area (Å²) >= 11 is 6.37. The Bertz CT molecular complexity index is 3610. The normalized spacial score (nSPS) is 11.3. The molecule has 2 aromatic heterocycles. The molecule has 0 atom stereocenters. The van der Waals surface area contributed by atoms with Crippen molar-refractivity contribution in [1.82, 2.24) is 9.13 Å². The zero-order valence-corrected chi connectivity index (χ0v) is 47.0. The molecule has 6 aromatic carbocycles. The quantitative estimate of drug-likeness (QED) is 0.0175. The van der Waals surface area contributed by atoms with Crippen LogP contribution in [0, 0.1) is 13.8 Å². The van der Waals surface area contributed by atoms with Crippen molar-refractivity contribution in [1.29, 1.82) is 0 Å². The summed E-state index contributed by atoms with van der Waals surface area (Å²) in [7, 11) is 2.56. The van der Waals surface area contributed by atoms with Crippen LogP contribution in [0.25, 0.3) is 21.8 Å². The second-order valence-electron chi connectivity index (χ2n) is 17.2. The summed E-state index contributed by atoms with van der Waals surface area (Å²) in [6.07, 6.45) is 0. The first kappa shape index (κ1) is 59.8. The van der Waals surface area contributed by atoms with Crippen molar-refractivity contribution in [2.45, 2.75) is 27.7 Å². The number of benzene rings is 6. The fourth-order valence-electron chi connectivity index (χ4n) is 8.35. The van der Waals surface area contributed by atoms with Gasteiger partial charge in [-0.25, -0.2) is 30.3 Å². The van der Waals surface area contributed by atoms with Crippen LogP contribution >= 0.6 is 31.9 Å². The van der Waals surface area contributed by atoms with Crippen molar-refractivity contribution in [3.63, 3.8) is 0 Å². The van der Waals surface area contributed by atoms with Crippen LogP contribution in [0.15, 0.2) is 143 Å². The number of methoxy groups -OCH3 is 2. The number of carboxylic acids is 1. The highest BCUT2D eigenvalue weighted by Crippen LogP contribution is 2.38. The van der Waals surface area contributed by atoms with Gasteiger partial charge in [0.25, 0.3) is 0 Å². The molecule has 79 heavy (non-hydrogen) atoms. The van der Waals surface area contributed by atoms with Crippen molar-refractivity contribution in [2.75, 3.05) is 44.7 Å². The zero-order valence-electron chi connectivity index (χ0n) is 43.8. The number of carboxylic acid groups (broad SMARTS) is 1. The number of fused-ring (bicyclic) bond motifs is 2. The van der Waals surface area contributed by atoms with Crippen molar-refractivity contribution in [3.05, 3.63) is 189 Å². The molecule has 0 saturated carbocycles. The number of alkyl halides is 2. The number of Topliss-reactive ketones (excluding diaryl/α,β-unsaturated/α-hetero) is 1. The first-order valence-electron chi connectivity index (χ1n) is 24.1. The van der Waals surface area contributed by atoms with Crippen molar-refractivity contribution >= 4 is 112 Å². The maximum Gasteiger partial charge on any atom is 0.338 e. The predicted molar refractivity (Wildman–Crippen MR) is 308 cm³/mol. The molecule has 408 valence electrons. The number of aromatic hydroxyl groups is 2. The standard InChI is InChI=1S/C30H27BrN2O6.C27H22N2O6.C2H6BrNO/c1-18-15-24-25(16-23(18)30(37)38-3)33(19(2)34)29(36)27(24)28(21-7-5-4-6-8-21)32-22-11-9-20(10-12-22)26(35)17-39-14-13-31;1-15-13-21-22(14-20(15)27(34)35-3)29(16(2)30)25(31)23(21)24(17-7-5-4-6-8-17)28-19-11-9-18(10-12-19)26(32)33;3-1-2-5-4/h4-12,15-16,36H,13-14,17H2,1-3H3;4-14,31H,1-3H3,(H,32,33);1-2,4H2. The van der Waals surface area contributed by atoms with E-state index in [0.717, 1.165) is 14.5 Å². The number of aromatic carboxylic acids is 1. The van der Waals surface area contributed by atoms with Crippen LogP contribution in [-0.2, 0) is 19.0 Å². The lowest BCUT2D eigenvalue weighted by atomic mass is 9.98. The van der Waals surface area contributed by atoms with E-state index in [1.54, 1.807) is 68.4 Å². The van der Waals surface area contributed by atoms with Gasteiger partial charge in [0.05, 0.1) is 89.1 Å². The minimum atomic E-state index is -1.05. The molecule has 0 radical (unpaired) electrons. The smallest absolute Gasteiger partial charge is 0.338 e. The number of hydrogen-bond donors (Lipinski definition) is 4. The van der Waals surface area contributed by atoms with Crippen LogP contribution in [0.4, 0.5) is 11.4 Å². The van der Waals surface area contributed by atoms with E-state index in [4.69, 9.17) is 24.2 Å². The molecule has 5 N–H and O–H groups in total. The maximum atomic E-state index is 12.6. The van der Waals surface area contributed by atoms with Crippen molar-refractivity contribution in [3.8, 4) is 11.8 Å². The summed E-state index contributed by atoms with van der Waals surface area (Å²) in [5.41, 5.74) is 6.90. The van der Waals surface area contributed by atoms with Gasteiger partial charge in [-0.3, -0.25) is 23.5 Å². The number of ketones is 1. The second-order valence-corrected chi connectivity index (χ2v) is 18.8. The number of carbonyl (C=O) groups is 6. The lowest BCUT2D eigenvalue weighted by Crippen LogP contribution is -2.10. The number of hydrogen-bond acceptors (Lipinski definition) is 15. The van der Waals surface area contributed by atoms with Crippen LogP contribution < -0.4 is 5.90 Å². The molecule has 0 unspecified atom stereocenters. The summed E-state index contributed by atoms with van der Waals surface area (Å²) < 4.78 is 17.4. The van der Waals surface area contributed by atoms with Gasteiger partial charge in [-0.2, -0.15) is 0 Å². The topological polar surface area (TPSA) is 261 Å². The summed E-state index contributed by atoms with van der Waals surface area (Å²) in [5.74, 6) is 0.816. The lowest BCUT2D eigenvalue weighted by Gasteiger charge is -2.09. The van der Waals surface area contributed by atoms with Crippen LogP contribution in [-0.4, -0.2) is 116 Å². The van der Waals surface area contributed by atoms with Crippen LogP contribution in [0.3, 0.4) is 0 Å². The Morgan fingerprint density at radius 1 is 0.557 bits per heavy atom. The molecule has 2 heterocycles. The highest BCUT2D eigenvalue weighted by atomic mass is 79.9. The number of rotatable bonds is 16. The van der Waals surface area contributed by atoms with E-state index in [9.17, 15) is 44.1 Å². The van der Waals surface area contributed by atoms with Crippen LogP contribution in [0.5, 0.6) is 11.8 Å². The molecular weight excluding hydrogens is 1150 g/mol. The third-order valence-corrected chi connectivity index (χ3v) is 12.7. The molecule has 20 heteroatoms. The minimum Gasteiger partial charge on any atom is -0.494 e. The molecule has 18 nitrogen and oxygen atoms in total. The lowest BCUT2D eigenvalue weighted by molar-refractivity contribution is 0.0591. The predicted octanol–water partition coefficient (Wildman–Crippen LogP) is 11.1. The number of carbonyl (C=O) groups excluding carboxylic acids is 5. The van der Waals surface area contributed by atoms with E-state index in [1.165, 1.54) is 46.3 Å². The number of nitrogens with zero attached hydrogens (tertiary/aromatic N) is 4. The fourth-order valence-corrected chi connectivity index (χ4v) is 8.76. The molecule has 0 spiro atoms. The number of esters is 2. The molecule has 0 aliphatic carbocycles. The number of aryl methyl sites for hydroxylation is 2. The van der Waals surface area contributed by atoms with Gasteiger partial charge in [0, 0.05) is 52.0 Å². The van der Waals surface area contributed by atoms with Gasteiger partial charge in [-0.1, -0.05) is 92.5 Å². The Morgan fingerprint density at radius 2 is 0.949 bits per heavy atom. The molecule has 8 aromatic rings. The summed E-state index contributed by atoms with van der Waals surface area (Å²) in [4.78, 5) is 87.2. The Morgan fingerprint density at radius 3 is 1.28 bits per heavy atom. The highest BCUT2D eigenvalue weighted by Gasteiger charge is 2.28. The summed E-state index contributed by atoms with van der Waals surface area (Å²) in [5, 5.41) is 34.3. The third-order valence-electron chi connectivity index (χ3n) is 12.0. The Hall–Kier alpha value is -8.40. The average Bonchev–Trinajstić information content (AvgIpc) is 3.90. The molecule has 0 aliphatic rings. The number of nitrogens with two attached hydrogens (primary N) is 1. The fraction of sp³-hybridized carbons (Fsp3) is 0.186. The largest absolute Gasteiger partial charge is 0.494 e. The van der Waals surface area contributed by atoms with Gasteiger partial charge in [-0.05, 0) is 97.8 Å². The summed E-state index contributed by atoms with van der Waals surface area (Å²) in [6, 6.07) is 37.7. The first-order chi connectivity index (χ1) is 37.9. The molecule has 8 rings (SSSR count). The van der Waals surface area contributed by atoms with Crippen LogP contribution in [0.2, 0.25) is 0 Å². The molecular formula is C59H55Br2N5O13. The van der Waals surface area contributed by atoms with Gasteiger partial charge in [0.2, 0.25) is 23.6 Å². The highest BCUT2D eigenvalue weighted by molar-refractivity contribution is 9.09. The van der Waals surface area contributed by atoms with Crippen molar-refractivity contribution < 1.29 is 63.1 Å². The van der Waals surface area contributed by atoms with E-state index in [0.29, 0.717) is 102 Å². The molecule has 0 saturated heterocycles. The number of aliphatic imine (C=N–C) groups is 2. The maximum absolute atomic E-state index is 12.6. The molecule has 0 aliphatic heterocycles. The summed E-state index contributed by atoms with van der Waals surface area (Å²) in [6.45, 7) is 7.14. The van der Waals surface area contributed by atoms with Crippen LogP contribution in [0.1, 0.15) is 98.2 Å². The second kappa shape index (κ2) is 27.8. The van der Waals surface area contributed by atoms with Gasteiger partial charge >= 0.3 is 17.9 Å². The molecule has 0 fully saturated rings. The first-order valence-corrected chi connectivity index (χ1v) is 26.4. The average molecular weight is 1200 g/mol. The van der Waals surface area contributed by atoms with E-state index < -0.39 is 29.7 Å². The third kappa shape index (κ3) is 14.0. The van der Waals surface area contributed by atoms with Gasteiger partial charge < -0.3 is 34.4 Å². The van der Waals surface area contributed by atoms with E-state index in [-0.39, 0.29) is 40.8 Å². The minimum absolute atomic E-state index is 0.0190. The number of aromatic nitrogens is 2. The molecule has 0 bridgehead atoms. The van der Waals surface area contributed by atoms with Crippen molar-refractivity contribution in [2.24, 2.45) is 15.9 Å². The number of halogens is 2. The van der Waals surface area contributed by atoms with Gasteiger partial charge in [0.1, 0.15) is 6.61 Å². The Kier molecular flexibility index (Phi) is 21.0. The monoisotopic (exact) mass is 1200 g/mol. The SMILES string of the molecule is COC(=O)c1cc2c(cc1C)c(C(=Nc1ccc(C(=O)COCCBr)cc1)c1ccccc1)c(O)n2C(C)=O.COC(=O)c1cc2c(cc1C)c(C(=Nc1ccc(C(=O)O)cc1)c1ccccc1)c(O)n2C(C)=O.NOCCBr. The molecule has 0 amide bonds. The Balaban J connectivity index is 0.000000236. The Labute approximate surface area is 470 Å². The van der Waals surface area contributed by atoms with Gasteiger partial charge in [0.15, 0.2) is 5.78 Å². The zero-order chi connectivity index (χ0) is 57.5. The van der Waals surface area contributed by atoms with E-state index in [1.807, 2.05) is 60.7 Å². The van der Waals surface area contributed by atoms with E-state index in [2.05, 4.69) is 42.6 Å².